The van der Waals surface area contributed by atoms with Gasteiger partial charge in [0.1, 0.15) is 0 Å². The molecule has 2 aliphatic rings. The first-order chi connectivity index (χ1) is 14.7. The van der Waals surface area contributed by atoms with Crippen LogP contribution in [0.4, 0.5) is 0 Å². The van der Waals surface area contributed by atoms with Gasteiger partial charge in [-0.1, -0.05) is 42.5 Å². The lowest BCUT2D eigenvalue weighted by Gasteiger charge is -2.35. The molecule has 3 atom stereocenters. The van der Waals surface area contributed by atoms with Gasteiger partial charge in [0.2, 0.25) is 0 Å². The van der Waals surface area contributed by atoms with Crippen molar-refractivity contribution in [3.05, 3.63) is 48.0 Å². The van der Waals surface area contributed by atoms with E-state index in [1.54, 1.807) is 0 Å². The second-order valence-corrected chi connectivity index (χ2v) is 7.94. The van der Waals surface area contributed by atoms with Crippen LogP contribution < -0.4 is 0 Å². The Bertz CT molecular complexity index is 699. The molecule has 0 spiro atoms. The summed E-state index contributed by atoms with van der Waals surface area (Å²) in [4.78, 5) is 26.4. The number of morpholine rings is 1. The summed E-state index contributed by atoms with van der Waals surface area (Å²) in [6, 6.07) is 9.99. The van der Waals surface area contributed by atoms with Crippen LogP contribution in [-0.4, -0.2) is 62.2 Å². The fraction of sp³-hybridized carbons (Fsp3) is 0.583. The summed E-state index contributed by atoms with van der Waals surface area (Å²) in [5.41, 5.74) is 1.12. The molecule has 0 bridgehead atoms. The molecule has 1 heterocycles. The third-order valence-electron chi connectivity index (χ3n) is 5.92. The smallest absolute Gasteiger partial charge is 0.305 e. The van der Waals surface area contributed by atoms with Gasteiger partial charge < -0.3 is 14.2 Å². The number of carbonyl (C=O) groups excluding carboxylic acids is 2. The van der Waals surface area contributed by atoms with Crippen LogP contribution in [-0.2, 0) is 30.4 Å². The summed E-state index contributed by atoms with van der Waals surface area (Å²) in [5.74, 6) is 0.238. The number of unbranched alkanes of at least 4 members (excludes halogenated alkanes) is 1. The minimum absolute atomic E-state index is 0.0785. The van der Waals surface area contributed by atoms with E-state index in [9.17, 15) is 9.59 Å². The van der Waals surface area contributed by atoms with Crippen molar-refractivity contribution >= 4 is 11.8 Å². The quantitative estimate of drug-likeness (QED) is 0.332. The van der Waals surface area contributed by atoms with Gasteiger partial charge in [0.25, 0.3) is 0 Å². The van der Waals surface area contributed by atoms with E-state index >= 15 is 0 Å². The number of benzene rings is 1. The molecule has 1 aliphatic heterocycles. The second kappa shape index (κ2) is 12.0. The van der Waals surface area contributed by atoms with Gasteiger partial charge in [-0.15, -0.1) is 0 Å². The molecule has 0 aromatic heterocycles. The van der Waals surface area contributed by atoms with Crippen molar-refractivity contribution in [2.75, 3.05) is 33.4 Å². The largest absolute Gasteiger partial charge is 0.469 e. The maximum Gasteiger partial charge on any atom is 0.305 e. The molecule has 1 aliphatic carbocycles. The van der Waals surface area contributed by atoms with Crippen LogP contribution in [0.1, 0.15) is 37.7 Å². The lowest BCUT2D eigenvalue weighted by Crippen LogP contribution is -2.49. The van der Waals surface area contributed by atoms with Crippen molar-refractivity contribution in [3.8, 4) is 0 Å². The minimum atomic E-state index is -0.174. The van der Waals surface area contributed by atoms with Gasteiger partial charge in [0.15, 0.2) is 5.78 Å². The Hall–Kier alpha value is -2.02. The van der Waals surface area contributed by atoms with Crippen molar-refractivity contribution in [1.29, 1.82) is 0 Å². The molecular formula is C24H33NO5. The fourth-order valence-corrected chi connectivity index (χ4v) is 4.32. The third-order valence-corrected chi connectivity index (χ3v) is 5.92. The topological polar surface area (TPSA) is 65.1 Å². The maximum atomic E-state index is 12.9. The summed E-state index contributed by atoms with van der Waals surface area (Å²) in [5, 5.41) is 0. The molecule has 2 fully saturated rings. The highest BCUT2D eigenvalue weighted by molar-refractivity contribution is 5.87. The van der Waals surface area contributed by atoms with Crippen molar-refractivity contribution in [1.82, 2.24) is 4.90 Å². The summed E-state index contributed by atoms with van der Waals surface area (Å²) >= 11 is 0. The summed E-state index contributed by atoms with van der Waals surface area (Å²) in [7, 11) is 1.41. The maximum absolute atomic E-state index is 12.9. The van der Waals surface area contributed by atoms with E-state index in [0.717, 1.165) is 37.9 Å². The summed E-state index contributed by atoms with van der Waals surface area (Å²) in [6.07, 6.45) is 7.47. The molecule has 1 aromatic carbocycles. The van der Waals surface area contributed by atoms with Gasteiger partial charge in [-0.25, -0.2) is 0 Å². The summed E-state index contributed by atoms with van der Waals surface area (Å²) in [6.45, 7) is 3.46. The average Bonchev–Trinajstić information content (AvgIpc) is 3.10. The highest BCUT2D eigenvalue weighted by atomic mass is 16.5. The zero-order valence-electron chi connectivity index (χ0n) is 17.8. The van der Waals surface area contributed by atoms with Crippen LogP contribution in [0.15, 0.2) is 42.5 Å². The number of ketones is 1. The minimum Gasteiger partial charge on any atom is -0.469 e. The average molecular weight is 416 g/mol. The number of nitrogens with zero attached hydrogens (tertiary/aromatic N) is 1. The zero-order chi connectivity index (χ0) is 21.2. The van der Waals surface area contributed by atoms with Gasteiger partial charge in [0.05, 0.1) is 39.1 Å². The number of ether oxygens (including phenoxy) is 3. The van der Waals surface area contributed by atoms with Gasteiger partial charge in [-0.2, -0.15) is 0 Å². The van der Waals surface area contributed by atoms with Crippen LogP contribution in [0, 0.1) is 5.92 Å². The molecule has 164 valence electrons. The molecule has 3 unspecified atom stereocenters. The highest BCUT2D eigenvalue weighted by Crippen LogP contribution is 2.34. The lowest BCUT2D eigenvalue weighted by molar-refractivity contribution is -0.140. The van der Waals surface area contributed by atoms with Crippen LogP contribution in [0.5, 0.6) is 0 Å². The first-order valence-electron chi connectivity index (χ1n) is 10.9. The predicted octanol–water partition coefficient (Wildman–Crippen LogP) is 3.15. The van der Waals surface area contributed by atoms with Crippen molar-refractivity contribution in [2.45, 2.75) is 50.9 Å². The number of carbonyl (C=O) groups is 2. The van der Waals surface area contributed by atoms with E-state index in [1.165, 1.54) is 7.11 Å². The normalized spacial score (nSPS) is 25.1. The van der Waals surface area contributed by atoms with E-state index < -0.39 is 0 Å². The van der Waals surface area contributed by atoms with Crippen LogP contribution in [0.2, 0.25) is 0 Å². The molecule has 0 radical (unpaired) electrons. The van der Waals surface area contributed by atoms with Crippen LogP contribution >= 0.6 is 0 Å². The standard InChI is InChI=1S/C24H33NO5/c1-28-23(27)12-8-3-2-7-11-20-22(30-18-19-9-5-4-6-10-19)17-21(26)24(20)25-13-15-29-16-14-25/h2,4-7,9-10,20,22,24H,3,8,11-18H2,1H3/b7-2+. The number of Topliss-reactive ketones (excluding diaryl/α,β-unsaturated/α-hetero) is 1. The Kier molecular flexibility index (Phi) is 9.05. The molecule has 6 nitrogen and oxygen atoms in total. The van der Waals surface area contributed by atoms with Gasteiger partial charge >= 0.3 is 5.97 Å². The molecule has 3 rings (SSSR count). The van der Waals surface area contributed by atoms with Crippen LogP contribution in [0.25, 0.3) is 0 Å². The Morgan fingerprint density at radius 1 is 1.20 bits per heavy atom. The van der Waals surface area contributed by atoms with E-state index in [4.69, 9.17) is 9.47 Å². The van der Waals surface area contributed by atoms with Crippen molar-refractivity contribution < 1.29 is 23.8 Å². The monoisotopic (exact) mass is 415 g/mol. The zero-order valence-corrected chi connectivity index (χ0v) is 17.8. The van der Waals surface area contributed by atoms with Crippen molar-refractivity contribution in [2.24, 2.45) is 5.92 Å². The first kappa shape index (κ1) is 22.7. The third kappa shape index (κ3) is 6.49. The molecular weight excluding hydrogens is 382 g/mol. The number of methoxy groups -OCH3 is 1. The summed E-state index contributed by atoms with van der Waals surface area (Å²) < 4.78 is 16.4. The molecule has 0 N–H and O–H groups in total. The number of rotatable bonds is 10. The number of esters is 1. The Morgan fingerprint density at radius 3 is 2.70 bits per heavy atom. The fourth-order valence-electron chi connectivity index (χ4n) is 4.32. The van der Waals surface area contributed by atoms with Gasteiger partial charge in [-0.3, -0.25) is 14.5 Å². The molecule has 0 amide bonds. The number of hydrogen-bond donors (Lipinski definition) is 0. The van der Waals surface area contributed by atoms with Crippen molar-refractivity contribution in [3.63, 3.8) is 0 Å². The molecule has 1 saturated carbocycles. The van der Waals surface area contributed by atoms with E-state index in [0.29, 0.717) is 32.7 Å². The number of hydrogen-bond acceptors (Lipinski definition) is 6. The molecule has 1 aromatic rings. The molecule has 30 heavy (non-hydrogen) atoms. The molecule has 6 heteroatoms. The van der Waals surface area contributed by atoms with Gasteiger partial charge in [-0.05, 0) is 24.8 Å². The van der Waals surface area contributed by atoms with Crippen LogP contribution in [0.3, 0.4) is 0 Å². The Labute approximate surface area is 179 Å². The Balaban J connectivity index is 1.60. The van der Waals surface area contributed by atoms with E-state index in [1.807, 2.05) is 30.3 Å². The SMILES string of the molecule is COC(=O)CCC/C=C/CC1C(OCc2ccccc2)CC(=O)C1N1CCOCC1. The van der Waals surface area contributed by atoms with E-state index in [2.05, 4.69) is 21.8 Å². The predicted molar refractivity (Wildman–Crippen MR) is 114 cm³/mol. The highest BCUT2D eigenvalue weighted by Gasteiger charge is 2.45. The van der Waals surface area contributed by atoms with E-state index in [-0.39, 0.29) is 29.8 Å². The second-order valence-electron chi connectivity index (χ2n) is 7.94. The Morgan fingerprint density at radius 2 is 1.97 bits per heavy atom. The van der Waals surface area contributed by atoms with Gasteiger partial charge in [0, 0.05) is 31.8 Å². The first-order valence-corrected chi connectivity index (χ1v) is 10.9. The number of allylic oxidation sites excluding steroid dienone is 2. The lowest BCUT2D eigenvalue weighted by atomic mass is 9.95. The molecule has 1 saturated heterocycles.